The SMILES string of the molecule is CC(C)c1cc(C(C)C)c(-c2cccc(-[n+]3cn(-c4c(C(C)C)cccc4C(C)C)c4ccccc43)n2)c(C(C)C)c1. The lowest BCUT2D eigenvalue weighted by atomic mass is 9.83. The smallest absolute Gasteiger partial charge is 0.228 e. The lowest BCUT2D eigenvalue weighted by Crippen LogP contribution is -2.30. The van der Waals surface area contributed by atoms with Gasteiger partial charge in [0.15, 0.2) is 0 Å². The molecule has 0 atom stereocenters. The minimum atomic E-state index is 0.401. The van der Waals surface area contributed by atoms with Crippen LogP contribution < -0.4 is 4.57 Å². The molecule has 0 fully saturated rings. The second kappa shape index (κ2) is 11.9. The third-order valence-electron chi connectivity index (χ3n) is 8.58. The molecule has 0 radical (unpaired) electrons. The van der Waals surface area contributed by atoms with Gasteiger partial charge in [-0.1, -0.05) is 118 Å². The number of pyridine rings is 1. The molecular formula is C39H48N3+. The standard InChI is InChI=1S/C39H48N3/c1-24(2)29-21-32(27(7)8)38(33(22-29)28(9)10)34-17-14-20-37(40-34)41-23-42(36-19-12-11-18-35(36)41)39-30(25(3)4)15-13-16-31(39)26(5)6/h11-28H,1-10H3/q+1. The van der Waals surface area contributed by atoms with Gasteiger partial charge in [0.2, 0.25) is 6.33 Å². The molecule has 5 rings (SSSR count). The van der Waals surface area contributed by atoms with Crippen LogP contribution in [0.2, 0.25) is 0 Å². The number of hydrogen-bond donors (Lipinski definition) is 0. The lowest BCUT2D eigenvalue weighted by molar-refractivity contribution is -0.571. The van der Waals surface area contributed by atoms with E-state index >= 15 is 0 Å². The first-order valence-corrected chi connectivity index (χ1v) is 15.8. The molecule has 0 amide bonds. The van der Waals surface area contributed by atoms with Crippen LogP contribution in [0, 0.1) is 0 Å². The summed E-state index contributed by atoms with van der Waals surface area (Å²) in [7, 11) is 0. The van der Waals surface area contributed by atoms with Gasteiger partial charge >= 0.3 is 0 Å². The van der Waals surface area contributed by atoms with Gasteiger partial charge in [-0.05, 0) is 75.6 Å². The Morgan fingerprint density at radius 2 is 1.12 bits per heavy atom. The van der Waals surface area contributed by atoms with Crippen LogP contribution in [0.3, 0.4) is 0 Å². The first-order chi connectivity index (χ1) is 20.0. The quantitative estimate of drug-likeness (QED) is 0.174. The van der Waals surface area contributed by atoms with Crippen molar-refractivity contribution in [3.63, 3.8) is 0 Å². The first kappa shape index (κ1) is 29.8. The van der Waals surface area contributed by atoms with Gasteiger partial charge in [-0.2, -0.15) is 4.57 Å². The number of imidazole rings is 1. The van der Waals surface area contributed by atoms with E-state index in [4.69, 9.17) is 4.98 Å². The van der Waals surface area contributed by atoms with Crippen molar-refractivity contribution < 1.29 is 4.57 Å². The molecule has 42 heavy (non-hydrogen) atoms. The highest BCUT2D eigenvalue weighted by atomic mass is 15.2. The van der Waals surface area contributed by atoms with E-state index in [0.717, 1.165) is 17.0 Å². The zero-order chi connectivity index (χ0) is 30.3. The maximum absolute atomic E-state index is 5.40. The summed E-state index contributed by atoms with van der Waals surface area (Å²) in [4.78, 5) is 5.40. The number of para-hydroxylation sites is 3. The number of nitrogens with zero attached hydrogens (tertiary/aromatic N) is 3. The van der Waals surface area contributed by atoms with Crippen LogP contribution in [0.1, 0.15) is 127 Å². The number of benzene rings is 3. The predicted octanol–water partition coefficient (Wildman–Crippen LogP) is 10.6. The van der Waals surface area contributed by atoms with Gasteiger partial charge in [-0.15, -0.1) is 4.98 Å². The Morgan fingerprint density at radius 3 is 1.67 bits per heavy atom. The Bertz CT molecular complexity index is 1660. The molecule has 0 saturated heterocycles. The van der Waals surface area contributed by atoms with E-state index in [1.807, 2.05) is 0 Å². The van der Waals surface area contributed by atoms with Crippen LogP contribution in [0.25, 0.3) is 33.8 Å². The van der Waals surface area contributed by atoms with Crippen LogP contribution in [-0.4, -0.2) is 9.55 Å². The molecule has 0 N–H and O–H groups in total. The summed E-state index contributed by atoms with van der Waals surface area (Å²) in [5, 5.41) is 0. The largest absolute Gasteiger partial charge is 0.268 e. The molecule has 0 unspecified atom stereocenters. The highest BCUT2D eigenvalue weighted by Gasteiger charge is 2.26. The maximum atomic E-state index is 5.40. The zero-order valence-electron chi connectivity index (χ0n) is 27.2. The Hall–Kier alpha value is -3.72. The normalized spacial score (nSPS) is 12.2. The molecule has 0 aliphatic heterocycles. The van der Waals surface area contributed by atoms with Crippen molar-refractivity contribution in [2.75, 3.05) is 0 Å². The van der Waals surface area contributed by atoms with Crippen molar-refractivity contribution >= 4 is 11.0 Å². The van der Waals surface area contributed by atoms with Crippen LogP contribution in [0.4, 0.5) is 0 Å². The van der Waals surface area contributed by atoms with E-state index in [9.17, 15) is 0 Å². The molecule has 0 aliphatic carbocycles. The number of aromatic nitrogens is 3. The first-order valence-electron chi connectivity index (χ1n) is 15.8. The third-order valence-corrected chi connectivity index (χ3v) is 8.58. The third kappa shape index (κ3) is 5.42. The zero-order valence-corrected chi connectivity index (χ0v) is 27.2. The molecule has 3 nitrogen and oxygen atoms in total. The van der Waals surface area contributed by atoms with Crippen LogP contribution in [0.5, 0.6) is 0 Å². The number of rotatable bonds is 8. The minimum absolute atomic E-state index is 0.401. The van der Waals surface area contributed by atoms with Gasteiger partial charge in [-0.25, -0.2) is 4.57 Å². The molecule has 0 bridgehead atoms. The predicted molar refractivity (Wildman–Crippen MR) is 178 cm³/mol. The molecule has 0 spiro atoms. The van der Waals surface area contributed by atoms with Crippen LogP contribution >= 0.6 is 0 Å². The summed E-state index contributed by atoms with van der Waals surface area (Å²) < 4.78 is 4.66. The summed E-state index contributed by atoms with van der Waals surface area (Å²) in [6, 6.07) is 26.8. The van der Waals surface area contributed by atoms with Gasteiger partial charge in [0, 0.05) is 11.6 Å². The fourth-order valence-electron chi connectivity index (χ4n) is 6.21. The highest BCUT2D eigenvalue weighted by Crippen LogP contribution is 2.38. The van der Waals surface area contributed by atoms with Gasteiger partial charge in [0.05, 0.1) is 0 Å². The lowest BCUT2D eigenvalue weighted by Gasteiger charge is -2.21. The number of hydrogen-bond acceptors (Lipinski definition) is 1. The summed E-state index contributed by atoms with van der Waals surface area (Å²) in [6.07, 6.45) is 2.25. The second-order valence-electron chi connectivity index (χ2n) is 13.4. The van der Waals surface area contributed by atoms with Crippen molar-refractivity contribution in [1.29, 1.82) is 0 Å². The fraction of sp³-hybridized carbons (Fsp3) is 0.385. The second-order valence-corrected chi connectivity index (χ2v) is 13.4. The summed E-state index contributed by atoms with van der Waals surface area (Å²) >= 11 is 0. The Kier molecular flexibility index (Phi) is 8.42. The highest BCUT2D eigenvalue weighted by molar-refractivity contribution is 5.76. The van der Waals surface area contributed by atoms with E-state index < -0.39 is 0 Å². The molecule has 218 valence electrons. The average Bonchev–Trinajstić information content (AvgIpc) is 3.35. The van der Waals surface area contributed by atoms with Crippen molar-refractivity contribution in [3.8, 4) is 22.8 Å². The summed E-state index contributed by atoms with van der Waals surface area (Å²) in [5.74, 6) is 3.05. The van der Waals surface area contributed by atoms with Crippen molar-refractivity contribution in [2.24, 2.45) is 0 Å². The van der Waals surface area contributed by atoms with E-state index in [2.05, 4.69) is 157 Å². The molecule has 2 aromatic heterocycles. The van der Waals surface area contributed by atoms with Crippen molar-refractivity contribution in [3.05, 3.63) is 107 Å². The van der Waals surface area contributed by atoms with Crippen LogP contribution in [-0.2, 0) is 0 Å². The topological polar surface area (TPSA) is 21.7 Å². The van der Waals surface area contributed by atoms with Gasteiger partial charge in [0.25, 0.3) is 5.82 Å². The van der Waals surface area contributed by atoms with Gasteiger partial charge in [0.1, 0.15) is 22.4 Å². The van der Waals surface area contributed by atoms with Crippen molar-refractivity contribution in [2.45, 2.75) is 98.8 Å². The molecule has 3 aromatic carbocycles. The van der Waals surface area contributed by atoms with Crippen molar-refractivity contribution in [1.82, 2.24) is 9.55 Å². The molecule has 3 heteroatoms. The fourth-order valence-corrected chi connectivity index (χ4v) is 6.21. The Balaban J connectivity index is 1.77. The summed E-state index contributed by atoms with van der Waals surface area (Å²) in [6.45, 7) is 22.9. The van der Waals surface area contributed by atoms with E-state index in [-0.39, 0.29) is 0 Å². The van der Waals surface area contributed by atoms with Crippen LogP contribution in [0.15, 0.2) is 79.1 Å². The van der Waals surface area contributed by atoms with E-state index in [0.29, 0.717) is 29.6 Å². The Morgan fingerprint density at radius 1 is 0.571 bits per heavy atom. The Labute approximate surface area is 253 Å². The molecule has 5 aromatic rings. The van der Waals surface area contributed by atoms with E-state index in [1.54, 1.807) is 0 Å². The average molecular weight is 559 g/mol. The molecule has 0 saturated carbocycles. The van der Waals surface area contributed by atoms with Gasteiger partial charge in [-0.3, -0.25) is 0 Å². The maximum Gasteiger partial charge on any atom is 0.268 e. The molecular weight excluding hydrogens is 510 g/mol. The molecule has 2 heterocycles. The number of fused-ring (bicyclic) bond motifs is 1. The monoisotopic (exact) mass is 558 g/mol. The molecule has 0 aliphatic rings. The van der Waals surface area contributed by atoms with Gasteiger partial charge < -0.3 is 0 Å². The van der Waals surface area contributed by atoms with E-state index in [1.165, 1.54) is 44.6 Å². The minimum Gasteiger partial charge on any atom is -0.228 e. The summed E-state index contributed by atoms with van der Waals surface area (Å²) in [5.41, 5.74) is 12.9.